The first-order chi connectivity index (χ1) is 25.0. The van der Waals surface area contributed by atoms with E-state index in [9.17, 15) is 45.0 Å². The molecule has 3 amide bonds. The molecule has 0 saturated carbocycles. The molecule has 0 saturated heterocycles. The van der Waals surface area contributed by atoms with Gasteiger partial charge in [-0.1, -0.05) is 0 Å². The Morgan fingerprint density at radius 3 is 0.865 bits per heavy atom. The fraction of sp³-hybridized carbons (Fsp3) is 0.909. The van der Waals surface area contributed by atoms with Crippen LogP contribution in [0.4, 0.5) is 0 Å². The van der Waals surface area contributed by atoms with Crippen molar-refractivity contribution in [2.45, 2.75) is 56.8 Å². The Labute approximate surface area is 309 Å². The van der Waals surface area contributed by atoms with Crippen LogP contribution in [-0.4, -0.2) is 224 Å². The van der Waals surface area contributed by atoms with Crippen LogP contribution in [0.3, 0.4) is 0 Å². The summed E-state index contributed by atoms with van der Waals surface area (Å²) in [6, 6.07) is 0. The Hall–Kier alpha value is -2.11. The molecule has 0 fully saturated rings. The molecule has 0 radical (unpaired) electrons. The number of hydrogen-bond donors (Lipinski definition) is 12. The molecule has 0 aliphatic heterocycles. The molecule has 0 aromatic carbocycles. The topological polar surface area (TPSA) is 300 Å². The van der Waals surface area contributed by atoms with Crippen molar-refractivity contribution in [1.29, 1.82) is 0 Å². The zero-order chi connectivity index (χ0) is 39.0. The monoisotopic (exact) mass is 753 g/mol. The van der Waals surface area contributed by atoms with Crippen LogP contribution in [0.5, 0.6) is 0 Å². The first kappa shape index (κ1) is 49.9. The van der Waals surface area contributed by atoms with Crippen molar-refractivity contribution in [2.24, 2.45) is 17.2 Å². The molecule has 308 valence electrons. The highest BCUT2D eigenvalue weighted by Gasteiger charge is 2.15. The Kier molecular flexibility index (Phi) is 32.1. The summed E-state index contributed by atoms with van der Waals surface area (Å²) >= 11 is 0. The summed E-state index contributed by atoms with van der Waals surface area (Å²) in [5, 5.41) is 65.6. The van der Waals surface area contributed by atoms with E-state index in [1.54, 1.807) is 0 Å². The molecule has 19 nitrogen and oxygen atoms in total. The van der Waals surface area contributed by atoms with Crippen molar-refractivity contribution in [3.63, 3.8) is 0 Å². The van der Waals surface area contributed by atoms with Crippen molar-refractivity contribution >= 4 is 17.7 Å². The molecule has 15 N–H and O–H groups in total. The van der Waals surface area contributed by atoms with Crippen LogP contribution in [0.2, 0.25) is 0 Å². The second-order valence-electron chi connectivity index (χ2n) is 12.9. The van der Waals surface area contributed by atoms with Gasteiger partial charge in [0, 0.05) is 97.8 Å². The lowest BCUT2D eigenvalue weighted by atomic mass is 10.2. The van der Waals surface area contributed by atoms with Gasteiger partial charge in [-0.3, -0.25) is 14.4 Å². The second-order valence-corrected chi connectivity index (χ2v) is 12.9. The minimum atomic E-state index is -0.795. The van der Waals surface area contributed by atoms with Gasteiger partial charge in [0.1, 0.15) is 0 Å². The van der Waals surface area contributed by atoms with Crippen molar-refractivity contribution in [3.05, 3.63) is 0 Å². The van der Waals surface area contributed by atoms with Gasteiger partial charge in [-0.05, 0) is 58.5 Å². The first-order valence-electron chi connectivity index (χ1n) is 18.7. The molecule has 19 heteroatoms. The molecule has 3 atom stereocenters. The summed E-state index contributed by atoms with van der Waals surface area (Å²) in [4.78, 5) is 45.1. The van der Waals surface area contributed by atoms with Gasteiger partial charge in [-0.25, -0.2) is 0 Å². The quantitative estimate of drug-likeness (QED) is 0.0283. The molecule has 52 heavy (non-hydrogen) atoms. The fourth-order valence-electron chi connectivity index (χ4n) is 5.31. The summed E-state index contributed by atoms with van der Waals surface area (Å²) in [6.07, 6.45) is 0.609. The second kappa shape index (κ2) is 33.5. The lowest BCUT2D eigenvalue weighted by molar-refractivity contribution is -0.122. The lowest BCUT2D eigenvalue weighted by Crippen LogP contribution is -2.40. The number of nitrogens with two attached hydrogens (primary N) is 3. The van der Waals surface area contributed by atoms with Crippen LogP contribution < -0.4 is 33.2 Å². The molecule has 0 rings (SSSR count). The molecule has 0 heterocycles. The van der Waals surface area contributed by atoms with E-state index < -0.39 is 18.3 Å². The van der Waals surface area contributed by atoms with Gasteiger partial charge in [-0.15, -0.1) is 0 Å². The normalized spacial score (nSPS) is 13.6. The third kappa shape index (κ3) is 28.4. The number of aliphatic hydroxyl groups is 6. The van der Waals surface area contributed by atoms with Gasteiger partial charge >= 0.3 is 0 Å². The molecule has 0 spiro atoms. The highest BCUT2D eigenvalue weighted by Crippen LogP contribution is 2.04. The number of nitrogens with zero attached hydrogens (tertiary/aromatic N) is 4. The SMILES string of the molecule is NCC(O)CNC(=O)CCN(CCO)CCCN(CCCN(CCO)CCC(=O)NCC(O)CN)CCCN(CCO)CCC(=O)NCC(O)CN. The van der Waals surface area contributed by atoms with Gasteiger partial charge in [0.05, 0.1) is 38.1 Å². The predicted molar refractivity (Wildman–Crippen MR) is 199 cm³/mol. The number of aliphatic hydroxyl groups excluding tert-OH is 6. The van der Waals surface area contributed by atoms with Gasteiger partial charge in [0.15, 0.2) is 0 Å². The summed E-state index contributed by atoms with van der Waals surface area (Å²) in [7, 11) is 0. The van der Waals surface area contributed by atoms with E-state index in [1.807, 2.05) is 14.7 Å². The highest BCUT2D eigenvalue weighted by atomic mass is 16.3. The van der Waals surface area contributed by atoms with E-state index in [4.69, 9.17) is 17.2 Å². The first-order valence-corrected chi connectivity index (χ1v) is 18.7. The van der Waals surface area contributed by atoms with Crippen molar-refractivity contribution in [3.8, 4) is 0 Å². The number of carbonyl (C=O) groups is 3. The number of carbonyl (C=O) groups excluding carboxylic acids is 3. The van der Waals surface area contributed by atoms with E-state index in [2.05, 4.69) is 20.9 Å². The van der Waals surface area contributed by atoms with E-state index in [-0.39, 0.29) is 96.1 Å². The van der Waals surface area contributed by atoms with Crippen molar-refractivity contribution in [2.75, 3.05) is 138 Å². The van der Waals surface area contributed by atoms with Crippen LogP contribution in [0.1, 0.15) is 38.5 Å². The maximum Gasteiger partial charge on any atom is 0.221 e. The molecule has 0 aromatic rings. The maximum atomic E-state index is 12.2. The number of rotatable bonds is 36. The van der Waals surface area contributed by atoms with Gasteiger partial charge in [0.25, 0.3) is 0 Å². The van der Waals surface area contributed by atoms with E-state index >= 15 is 0 Å². The number of nitrogens with one attached hydrogen (secondary N) is 3. The smallest absolute Gasteiger partial charge is 0.221 e. The van der Waals surface area contributed by atoms with Gasteiger partial charge < -0.3 is 83.4 Å². The molecule has 0 aromatic heterocycles. The van der Waals surface area contributed by atoms with Crippen molar-refractivity contribution in [1.82, 2.24) is 35.6 Å². The van der Waals surface area contributed by atoms with Crippen LogP contribution in [0.15, 0.2) is 0 Å². The fourth-order valence-corrected chi connectivity index (χ4v) is 5.31. The van der Waals surface area contributed by atoms with Crippen molar-refractivity contribution < 1.29 is 45.0 Å². The lowest BCUT2D eigenvalue weighted by Gasteiger charge is -2.28. The number of hydrogen-bond acceptors (Lipinski definition) is 16. The zero-order valence-corrected chi connectivity index (χ0v) is 31.3. The summed E-state index contributed by atoms with van der Waals surface area (Å²) in [5.74, 6) is -0.602. The van der Waals surface area contributed by atoms with E-state index in [0.29, 0.717) is 58.9 Å². The molecule has 0 bridgehead atoms. The Morgan fingerprint density at radius 1 is 0.423 bits per heavy atom. The van der Waals surface area contributed by atoms with Gasteiger partial charge in [-0.2, -0.15) is 0 Å². The van der Waals surface area contributed by atoms with Crippen LogP contribution in [-0.2, 0) is 14.4 Å². The number of amides is 3. The average Bonchev–Trinajstić information content (AvgIpc) is 3.14. The predicted octanol–water partition coefficient (Wildman–Crippen LogP) is -6.18. The highest BCUT2D eigenvalue weighted by molar-refractivity contribution is 5.76. The maximum absolute atomic E-state index is 12.2. The molecular weight excluding hydrogens is 680 g/mol. The third-order valence-electron chi connectivity index (χ3n) is 8.48. The molecular formula is C33H72N10O9. The van der Waals surface area contributed by atoms with E-state index in [1.165, 1.54) is 0 Å². The largest absolute Gasteiger partial charge is 0.395 e. The Bertz CT molecular complexity index is 790. The minimum Gasteiger partial charge on any atom is -0.395 e. The molecule has 3 unspecified atom stereocenters. The molecule has 0 aliphatic rings. The Balaban J connectivity index is 5.22. The molecule has 0 aliphatic carbocycles. The van der Waals surface area contributed by atoms with Crippen LogP contribution in [0, 0.1) is 0 Å². The standard InChI is InChI=1S/C33H72N10O9/c34-22-28(47)25-37-31(50)4-13-41(16-19-44)10-1-7-40(8-2-11-42(17-20-45)14-5-32(51)38-26-29(48)23-35)9-3-12-43(18-21-46)15-6-33(52)39-27-30(49)24-36/h28-30,44-49H,1-27,34-36H2,(H,37,50)(H,38,51)(H,39,52). The minimum absolute atomic E-state index is 0.0458. The summed E-state index contributed by atoms with van der Waals surface area (Å²) in [6.45, 7) is 7.14. The van der Waals surface area contributed by atoms with Gasteiger partial charge in [0.2, 0.25) is 17.7 Å². The van der Waals surface area contributed by atoms with Crippen LogP contribution >= 0.6 is 0 Å². The average molecular weight is 753 g/mol. The zero-order valence-electron chi connectivity index (χ0n) is 31.3. The summed E-state index contributed by atoms with van der Waals surface area (Å²) in [5.41, 5.74) is 16.2. The Morgan fingerprint density at radius 2 is 0.654 bits per heavy atom. The summed E-state index contributed by atoms with van der Waals surface area (Å²) < 4.78 is 0. The van der Waals surface area contributed by atoms with Crippen LogP contribution in [0.25, 0.3) is 0 Å². The van der Waals surface area contributed by atoms with E-state index in [0.717, 1.165) is 38.9 Å². The third-order valence-corrected chi connectivity index (χ3v) is 8.48.